The second-order valence-corrected chi connectivity index (χ2v) is 14.1. The molecule has 0 aliphatic rings. The number of esters is 2. The maximum Gasteiger partial charge on any atom is 0.306 e. The summed E-state index contributed by atoms with van der Waals surface area (Å²) in [6.45, 7) is 4.17. The predicted molar refractivity (Wildman–Crippen MR) is 196 cm³/mol. The summed E-state index contributed by atoms with van der Waals surface area (Å²) >= 11 is 0. The first-order valence-electron chi connectivity index (χ1n) is 20.6. The molecule has 1 N–H and O–H groups in total. The molecule has 0 aromatic heterocycles. The van der Waals surface area contributed by atoms with Crippen LogP contribution in [-0.4, -0.2) is 36.4 Å². The van der Waals surface area contributed by atoms with Gasteiger partial charge in [-0.15, -0.1) is 0 Å². The fraction of sp³-hybridized carbons (Fsp3) is 0.951. The Labute approximate surface area is 287 Å². The lowest BCUT2D eigenvalue weighted by atomic mass is 10.0. The van der Waals surface area contributed by atoms with Crippen LogP contribution in [0, 0.1) is 0 Å². The van der Waals surface area contributed by atoms with Gasteiger partial charge in [-0.3, -0.25) is 9.59 Å². The number of ether oxygens (including phenoxy) is 2. The summed E-state index contributed by atoms with van der Waals surface area (Å²) in [4.78, 5) is 24.2. The van der Waals surface area contributed by atoms with Gasteiger partial charge in [-0.2, -0.15) is 0 Å². The standard InChI is InChI=1S/C41H80O5/c1-3-5-7-9-11-13-15-17-18-19-20-21-22-24-25-27-29-31-33-35-40(43)45-38-39(37-42)46-41(44)36-34-32-30-28-26-23-16-14-12-10-8-6-4-2/h39,42H,3-38H2,1-2H3. The van der Waals surface area contributed by atoms with Gasteiger partial charge in [0.2, 0.25) is 0 Å². The zero-order valence-corrected chi connectivity index (χ0v) is 31.1. The van der Waals surface area contributed by atoms with Gasteiger partial charge in [0, 0.05) is 12.8 Å². The number of unbranched alkanes of at least 4 members (excludes halogenated alkanes) is 30. The van der Waals surface area contributed by atoms with Crippen molar-refractivity contribution < 1.29 is 24.2 Å². The van der Waals surface area contributed by atoms with Crippen molar-refractivity contribution >= 4 is 11.9 Å². The van der Waals surface area contributed by atoms with Gasteiger partial charge in [-0.05, 0) is 12.8 Å². The molecule has 0 bridgehead atoms. The number of carbonyl (C=O) groups excluding carboxylic acids is 2. The lowest BCUT2D eigenvalue weighted by Gasteiger charge is -2.15. The van der Waals surface area contributed by atoms with E-state index in [1.165, 1.54) is 173 Å². The van der Waals surface area contributed by atoms with E-state index < -0.39 is 6.10 Å². The smallest absolute Gasteiger partial charge is 0.306 e. The maximum absolute atomic E-state index is 12.1. The molecular weight excluding hydrogens is 572 g/mol. The van der Waals surface area contributed by atoms with E-state index in [9.17, 15) is 14.7 Å². The SMILES string of the molecule is CCCCCCCCCCCCCCCCCCCCCC(=O)OCC(CO)OC(=O)CCCCCCCCCCCCCCC. The first-order chi connectivity index (χ1) is 22.6. The molecule has 5 heteroatoms. The summed E-state index contributed by atoms with van der Waals surface area (Å²) in [5, 5.41) is 9.55. The molecule has 0 aliphatic heterocycles. The van der Waals surface area contributed by atoms with E-state index in [1.807, 2.05) is 0 Å². The second kappa shape index (κ2) is 38.3. The minimum absolute atomic E-state index is 0.0567. The van der Waals surface area contributed by atoms with E-state index in [0.29, 0.717) is 12.8 Å². The Morgan fingerprint density at radius 3 is 0.957 bits per heavy atom. The van der Waals surface area contributed by atoms with E-state index >= 15 is 0 Å². The van der Waals surface area contributed by atoms with Crippen LogP contribution in [0.4, 0.5) is 0 Å². The highest BCUT2D eigenvalue weighted by Crippen LogP contribution is 2.16. The monoisotopic (exact) mass is 653 g/mol. The van der Waals surface area contributed by atoms with Crippen LogP contribution in [0.3, 0.4) is 0 Å². The number of rotatable bonds is 38. The highest BCUT2D eigenvalue weighted by atomic mass is 16.6. The van der Waals surface area contributed by atoms with Crippen molar-refractivity contribution in [1.82, 2.24) is 0 Å². The summed E-state index contributed by atoms with van der Waals surface area (Å²) < 4.78 is 10.6. The Kier molecular flexibility index (Phi) is 37.4. The van der Waals surface area contributed by atoms with E-state index in [0.717, 1.165) is 32.1 Å². The number of aliphatic hydroxyl groups excluding tert-OH is 1. The minimum atomic E-state index is -0.761. The number of hydrogen-bond acceptors (Lipinski definition) is 5. The predicted octanol–water partition coefficient (Wildman–Crippen LogP) is 12.7. The van der Waals surface area contributed by atoms with Crippen LogP contribution in [-0.2, 0) is 19.1 Å². The van der Waals surface area contributed by atoms with Crippen molar-refractivity contribution in [1.29, 1.82) is 0 Å². The molecule has 1 unspecified atom stereocenters. The molecule has 0 amide bonds. The molecule has 0 aromatic rings. The molecule has 0 aromatic carbocycles. The molecule has 0 fully saturated rings. The molecule has 46 heavy (non-hydrogen) atoms. The van der Waals surface area contributed by atoms with Gasteiger partial charge < -0.3 is 14.6 Å². The first-order valence-corrected chi connectivity index (χ1v) is 20.6. The van der Waals surface area contributed by atoms with Crippen LogP contribution in [0.25, 0.3) is 0 Å². The molecule has 0 heterocycles. The second-order valence-electron chi connectivity index (χ2n) is 14.1. The summed E-state index contributed by atoms with van der Waals surface area (Å²) in [6, 6.07) is 0. The molecule has 274 valence electrons. The van der Waals surface area contributed by atoms with E-state index in [2.05, 4.69) is 13.8 Å². The average molecular weight is 653 g/mol. The van der Waals surface area contributed by atoms with E-state index in [-0.39, 0.29) is 25.2 Å². The Morgan fingerprint density at radius 1 is 0.413 bits per heavy atom. The zero-order chi connectivity index (χ0) is 33.6. The molecule has 0 saturated heterocycles. The fourth-order valence-electron chi connectivity index (χ4n) is 6.26. The highest BCUT2D eigenvalue weighted by Gasteiger charge is 2.16. The maximum atomic E-state index is 12.1. The average Bonchev–Trinajstić information content (AvgIpc) is 3.06. The number of carbonyl (C=O) groups is 2. The largest absolute Gasteiger partial charge is 0.462 e. The molecule has 5 nitrogen and oxygen atoms in total. The van der Waals surface area contributed by atoms with Gasteiger partial charge in [0.15, 0.2) is 6.10 Å². The zero-order valence-electron chi connectivity index (χ0n) is 31.1. The van der Waals surface area contributed by atoms with Gasteiger partial charge in [-0.25, -0.2) is 0 Å². The van der Waals surface area contributed by atoms with Gasteiger partial charge in [0.05, 0.1) is 6.61 Å². The first kappa shape index (κ1) is 44.9. The van der Waals surface area contributed by atoms with Crippen LogP contribution in [0.5, 0.6) is 0 Å². The van der Waals surface area contributed by atoms with Crippen molar-refractivity contribution in [3.8, 4) is 0 Å². The molecule has 0 spiro atoms. The van der Waals surface area contributed by atoms with Crippen LogP contribution in [0.1, 0.15) is 232 Å². The molecule has 0 radical (unpaired) electrons. The Bertz CT molecular complexity index is 622. The number of hydrogen-bond donors (Lipinski definition) is 1. The molecule has 1 atom stereocenters. The van der Waals surface area contributed by atoms with Crippen LogP contribution in [0.2, 0.25) is 0 Å². The third-order valence-electron chi connectivity index (χ3n) is 9.40. The van der Waals surface area contributed by atoms with Gasteiger partial charge in [0.25, 0.3) is 0 Å². The summed E-state index contributed by atoms with van der Waals surface area (Å²) in [5.74, 6) is -0.574. The number of aliphatic hydroxyl groups is 1. The Morgan fingerprint density at radius 2 is 0.674 bits per heavy atom. The molecular formula is C41H80O5. The van der Waals surface area contributed by atoms with Crippen molar-refractivity contribution in [2.45, 2.75) is 238 Å². The van der Waals surface area contributed by atoms with Crippen molar-refractivity contribution in [3.63, 3.8) is 0 Å². The molecule has 0 rings (SSSR count). The lowest BCUT2D eigenvalue weighted by Crippen LogP contribution is -2.28. The van der Waals surface area contributed by atoms with Crippen molar-refractivity contribution in [2.75, 3.05) is 13.2 Å². The van der Waals surface area contributed by atoms with Gasteiger partial charge in [-0.1, -0.05) is 206 Å². The lowest BCUT2D eigenvalue weighted by molar-refractivity contribution is -0.161. The Hall–Kier alpha value is -1.10. The summed E-state index contributed by atoms with van der Waals surface area (Å²) in [7, 11) is 0. The third kappa shape index (κ3) is 35.7. The van der Waals surface area contributed by atoms with Crippen LogP contribution < -0.4 is 0 Å². The normalized spacial score (nSPS) is 12.0. The van der Waals surface area contributed by atoms with E-state index in [1.54, 1.807) is 0 Å². The Balaban J connectivity index is 3.46. The molecule has 0 saturated carbocycles. The highest BCUT2D eigenvalue weighted by molar-refractivity contribution is 5.70. The quantitative estimate of drug-likeness (QED) is 0.0531. The van der Waals surface area contributed by atoms with Gasteiger partial charge >= 0.3 is 11.9 Å². The van der Waals surface area contributed by atoms with Crippen LogP contribution in [0.15, 0.2) is 0 Å². The summed E-state index contributed by atoms with van der Waals surface area (Å²) in [6.07, 6.45) is 41.7. The van der Waals surface area contributed by atoms with Crippen molar-refractivity contribution in [2.24, 2.45) is 0 Å². The third-order valence-corrected chi connectivity index (χ3v) is 9.40. The topological polar surface area (TPSA) is 72.8 Å². The van der Waals surface area contributed by atoms with Crippen LogP contribution >= 0.6 is 0 Å². The summed E-state index contributed by atoms with van der Waals surface area (Å²) in [5.41, 5.74) is 0. The molecule has 0 aliphatic carbocycles. The van der Waals surface area contributed by atoms with E-state index in [4.69, 9.17) is 9.47 Å². The minimum Gasteiger partial charge on any atom is -0.462 e. The fourth-order valence-corrected chi connectivity index (χ4v) is 6.26. The van der Waals surface area contributed by atoms with Crippen molar-refractivity contribution in [3.05, 3.63) is 0 Å². The van der Waals surface area contributed by atoms with Gasteiger partial charge in [0.1, 0.15) is 6.61 Å².